The predicted molar refractivity (Wildman–Crippen MR) is 124 cm³/mol. The second-order valence-electron chi connectivity index (χ2n) is 7.57. The van der Waals surface area contributed by atoms with Crippen molar-refractivity contribution in [3.05, 3.63) is 75.0 Å². The molecule has 0 spiro atoms. The van der Waals surface area contributed by atoms with Crippen LogP contribution in [0.2, 0.25) is 4.34 Å². The first-order valence-electron chi connectivity index (χ1n) is 10.2. The largest absolute Gasteiger partial charge is 0.495 e. The molecule has 8 heteroatoms. The normalized spacial score (nSPS) is 16.0. The van der Waals surface area contributed by atoms with Crippen LogP contribution in [-0.2, 0) is 6.54 Å². The van der Waals surface area contributed by atoms with E-state index in [-0.39, 0.29) is 5.92 Å². The van der Waals surface area contributed by atoms with Crippen molar-refractivity contribution in [3.63, 3.8) is 0 Å². The first kappa shape index (κ1) is 20.0. The van der Waals surface area contributed by atoms with Crippen LogP contribution in [0.3, 0.4) is 0 Å². The van der Waals surface area contributed by atoms with E-state index < -0.39 is 0 Å². The van der Waals surface area contributed by atoms with E-state index in [0.29, 0.717) is 0 Å². The van der Waals surface area contributed by atoms with E-state index in [0.717, 1.165) is 58.1 Å². The van der Waals surface area contributed by atoms with Crippen molar-refractivity contribution in [1.29, 1.82) is 0 Å². The molecule has 4 aromatic rings. The van der Waals surface area contributed by atoms with Gasteiger partial charge >= 0.3 is 0 Å². The summed E-state index contributed by atoms with van der Waals surface area (Å²) in [5.41, 5.74) is 2.93. The maximum Gasteiger partial charge on any atom is 0.174 e. The first-order valence-corrected chi connectivity index (χ1v) is 11.4. The van der Waals surface area contributed by atoms with Crippen molar-refractivity contribution in [2.45, 2.75) is 32.2 Å². The van der Waals surface area contributed by atoms with E-state index >= 15 is 0 Å². The van der Waals surface area contributed by atoms with Crippen LogP contribution in [0, 0.1) is 6.92 Å². The quantitative estimate of drug-likeness (QED) is 0.396. The Bertz CT molecular complexity index is 1250. The summed E-state index contributed by atoms with van der Waals surface area (Å²) < 4.78 is 10.4. The molecule has 0 N–H and O–H groups in total. The van der Waals surface area contributed by atoms with Crippen molar-refractivity contribution in [2.75, 3.05) is 7.11 Å². The van der Waals surface area contributed by atoms with Crippen LogP contribution in [0.15, 0.2) is 42.9 Å². The zero-order chi connectivity index (χ0) is 21.4. The summed E-state index contributed by atoms with van der Waals surface area (Å²) in [6.07, 6.45) is 9.91. The maximum atomic E-state index is 6.15. The van der Waals surface area contributed by atoms with Gasteiger partial charge in [-0.1, -0.05) is 23.7 Å². The minimum atomic E-state index is 0.263. The third-order valence-electron chi connectivity index (χ3n) is 5.45. The van der Waals surface area contributed by atoms with Gasteiger partial charge in [-0.3, -0.25) is 0 Å². The lowest BCUT2D eigenvalue weighted by atomic mass is 9.97. The van der Waals surface area contributed by atoms with Gasteiger partial charge in [0.25, 0.3) is 0 Å². The summed E-state index contributed by atoms with van der Waals surface area (Å²) in [6, 6.07) is 10.2. The molecule has 0 radical (unpaired) electrons. The van der Waals surface area contributed by atoms with Gasteiger partial charge in [-0.05, 0) is 55.7 Å². The molecule has 0 saturated carbocycles. The number of nitrogens with zero attached hydrogens (tertiary/aromatic N) is 5. The Balaban J connectivity index is 1.40. The fraction of sp³-hybridized carbons (Fsp3) is 0.261. The molecule has 1 aliphatic heterocycles. The molecule has 0 unspecified atom stereocenters. The lowest BCUT2D eigenvalue weighted by molar-refractivity contribution is 0.413. The standard InChI is InChI=1S/C23H22ClN5OS/c1-15-13-28(14-25-15)18-7-5-16(12-19(18)30-2)6-10-22-26-23-17(4-3-11-29(23)27-22)20-8-9-21(24)31-20/h5-10,12-14,17H,3-4,11H2,1-2H3/t17-/m0/s1. The lowest BCUT2D eigenvalue weighted by Gasteiger charge is -2.20. The number of methoxy groups -OCH3 is 1. The van der Waals surface area contributed by atoms with Crippen molar-refractivity contribution >= 4 is 35.1 Å². The summed E-state index contributed by atoms with van der Waals surface area (Å²) in [5.74, 6) is 2.79. The molecule has 1 atom stereocenters. The Morgan fingerprint density at radius 1 is 1.23 bits per heavy atom. The van der Waals surface area contributed by atoms with E-state index in [1.54, 1.807) is 24.8 Å². The number of rotatable bonds is 5. The van der Waals surface area contributed by atoms with Gasteiger partial charge < -0.3 is 9.30 Å². The van der Waals surface area contributed by atoms with Gasteiger partial charge in [-0.2, -0.15) is 5.10 Å². The average molecular weight is 452 g/mol. The highest BCUT2D eigenvalue weighted by Crippen LogP contribution is 2.37. The second-order valence-corrected chi connectivity index (χ2v) is 9.32. The summed E-state index contributed by atoms with van der Waals surface area (Å²) in [6.45, 7) is 2.87. The fourth-order valence-electron chi connectivity index (χ4n) is 3.96. The van der Waals surface area contributed by atoms with Crippen molar-refractivity contribution in [3.8, 4) is 11.4 Å². The van der Waals surface area contributed by atoms with Crippen molar-refractivity contribution in [2.24, 2.45) is 0 Å². The molecule has 0 amide bonds. The minimum Gasteiger partial charge on any atom is -0.495 e. The number of halogens is 1. The highest BCUT2D eigenvalue weighted by atomic mass is 35.5. The van der Waals surface area contributed by atoms with E-state index in [1.165, 1.54) is 4.88 Å². The van der Waals surface area contributed by atoms with Gasteiger partial charge in [0.1, 0.15) is 11.6 Å². The van der Waals surface area contributed by atoms with Gasteiger partial charge in [0.2, 0.25) is 0 Å². The molecular formula is C23H22ClN5OS. The van der Waals surface area contributed by atoms with E-state index in [4.69, 9.17) is 26.4 Å². The van der Waals surface area contributed by atoms with Gasteiger partial charge in [0, 0.05) is 17.6 Å². The van der Waals surface area contributed by atoms with Crippen LogP contribution in [0.4, 0.5) is 0 Å². The highest BCUT2D eigenvalue weighted by molar-refractivity contribution is 7.16. The summed E-state index contributed by atoms with van der Waals surface area (Å²) >= 11 is 7.78. The fourth-order valence-corrected chi connectivity index (χ4v) is 5.15. The van der Waals surface area contributed by atoms with E-state index in [9.17, 15) is 0 Å². The van der Waals surface area contributed by atoms with Crippen molar-refractivity contribution < 1.29 is 4.74 Å². The number of fused-ring (bicyclic) bond motifs is 1. The molecule has 1 aromatic carbocycles. The average Bonchev–Trinajstić information content (AvgIpc) is 3.51. The number of hydrogen-bond acceptors (Lipinski definition) is 5. The molecule has 4 heterocycles. The van der Waals surface area contributed by atoms with Crippen LogP contribution in [0.5, 0.6) is 5.75 Å². The Kier molecular flexibility index (Phi) is 5.38. The Labute approximate surface area is 189 Å². The van der Waals surface area contributed by atoms with Gasteiger partial charge in [-0.25, -0.2) is 14.6 Å². The molecule has 6 nitrogen and oxygen atoms in total. The number of hydrogen-bond donors (Lipinski definition) is 0. The lowest BCUT2D eigenvalue weighted by Crippen LogP contribution is -2.17. The van der Waals surface area contributed by atoms with E-state index in [2.05, 4.69) is 17.1 Å². The number of imidazole rings is 1. The van der Waals surface area contributed by atoms with Crippen LogP contribution < -0.4 is 4.74 Å². The third-order valence-corrected chi connectivity index (χ3v) is 6.79. The van der Waals surface area contributed by atoms with Crippen molar-refractivity contribution in [1.82, 2.24) is 24.3 Å². The molecule has 5 rings (SSSR count). The Hall–Kier alpha value is -2.90. The monoisotopic (exact) mass is 451 g/mol. The van der Waals surface area contributed by atoms with Crippen LogP contribution >= 0.6 is 22.9 Å². The third kappa shape index (κ3) is 4.03. The minimum absolute atomic E-state index is 0.263. The highest BCUT2D eigenvalue weighted by Gasteiger charge is 2.26. The van der Waals surface area contributed by atoms with Gasteiger partial charge in [0.15, 0.2) is 5.82 Å². The van der Waals surface area contributed by atoms with Gasteiger partial charge in [-0.15, -0.1) is 11.3 Å². The van der Waals surface area contributed by atoms with Gasteiger partial charge in [0.05, 0.1) is 35.1 Å². The molecule has 1 aliphatic rings. The number of aryl methyl sites for hydroxylation is 2. The Morgan fingerprint density at radius 2 is 2.13 bits per heavy atom. The molecule has 0 fully saturated rings. The summed E-state index contributed by atoms with van der Waals surface area (Å²) in [7, 11) is 1.68. The molecule has 0 bridgehead atoms. The number of benzene rings is 1. The molecule has 3 aromatic heterocycles. The topological polar surface area (TPSA) is 57.8 Å². The summed E-state index contributed by atoms with van der Waals surface area (Å²) in [5, 5.41) is 4.71. The molecule has 0 saturated heterocycles. The number of ether oxygens (including phenoxy) is 1. The van der Waals surface area contributed by atoms with Crippen LogP contribution in [-0.4, -0.2) is 31.4 Å². The zero-order valence-electron chi connectivity index (χ0n) is 17.3. The molecule has 31 heavy (non-hydrogen) atoms. The maximum absolute atomic E-state index is 6.15. The first-order chi connectivity index (χ1) is 15.1. The predicted octanol–water partition coefficient (Wildman–Crippen LogP) is 5.59. The zero-order valence-corrected chi connectivity index (χ0v) is 18.9. The van der Waals surface area contributed by atoms with E-state index in [1.807, 2.05) is 52.7 Å². The smallest absolute Gasteiger partial charge is 0.174 e. The number of aromatic nitrogens is 5. The Morgan fingerprint density at radius 3 is 2.87 bits per heavy atom. The van der Waals surface area contributed by atoms with Crippen LogP contribution in [0.1, 0.15) is 46.5 Å². The second kappa shape index (κ2) is 8.32. The molecular weight excluding hydrogens is 430 g/mol. The SMILES string of the molecule is COc1cc(C=Cc2nc3n(n2)CCC[C@H]3c2ccc(Cl)s2)ccc1-n1cnc(C)c1. The molecule has 0 aliphatic carbocycles. The summed E-state index contributed by atoms with van der Waals surface area (Å²) in [4.78, 5) is 10.4. The molecule has 158 valence electrons. The van der Waals surface area contributed by atoms with Crippen LogP contribution in [0.25, 0.3) is 17.8 Å². The number of thiophene rings is 1.